The third-order valence-electron chi connectivity index (χ3n) is 11.8. The van der Waals surface area contributed by atoms with Crippen LogP contribution in [0.1, 0.15) is 47.2 Å². The highest BCUT2D eigenvalue weighted by molar-refractivity contribution is 5.97. The number of benzene rings is 8. The molecule has 0 aromatic heterocycles. The second kappa shape index (κ2) is 12.1. The zero-order valence-electron chi connectivity index (χ0n) is 30.0. The molecular weight excluding hydrogens is 639 g/mol. The fraction of sp³-hybridized carbons (Fsp3) is 0.0769. The molecule has 2 aliphatic rings. The zero-order chi connectivity index (χ0) is 35.6. The van der Waals surface area contributed by atoms with Gasteiger partial charge in [-0.15, -0.1) is 0 Å². The molecule has 1 heteroatoms. The first-order valence-corrected chi connectivity index (χ1v) is 18.6. The first kappa shape index (κ1) is 31.3. The van der Waals surface area contributed by atoms with Crippen molar-refractivity contribution in [3.05, 3.63) is 234 Å². The number of hydrogen-bond acceptors (Lipinski definition) is 1. The molecule has 0 saturated carbocycles. The minimum absolute atomic E-state index is 0.212. The lowest BCUT2D eigenvalue weighted by atomic mass is 9.67. The molecule has 0 atom stereocenters. The molecule has 1 aliphatic carbocycles. The summed E-state index contributed by atoms with van der Waals surface area (Å²) in [6.07, 6.45) is 0. The van der Waals surface area contributed by atoms with Crippen LogP contribution in [0.25, 0.3) is 33.4 Å². The Kier molecular flexibility index (Phi) is 7.13. The van der Waals surface area contributed by atoms with Crippen molar-refractivity contribution in [1.29, 1.82) is 0 Å². The van der Waals surface area contributed by atoms with Crippen LogP contribution in [0.3, 0.4) is 0 Å². The summed E-state index contributed by atoms with van der Waals surface area (Å²) in [5.74, 6) is 0. The van der Waals surface area contributed by atoms with Crippen molar-refractivity contribution in [2.24, 2.45) is 0 Å². The number of anilines is 3. The van der Waals surface area contributed by atoms with Gasteiger partial charge in [0.05, 0.1) is 16.8 Å². The van der Waals surface area contributed by atoms with Crippen LogP contribution in [0.4, 0.5) is 17.1 Å². The topological polar surface area (TPSA) is 3.24 Å². The zero-order valence-corrected chi connectivity index (χ0v) is 30.0. The molecule has 0 spiro atoms. The van der Waals surface area contributed by atoms with Crippen LogP contribution >= 0.6 is 0 Å². The van der Waals surface area contributed by atoms with E-state index >= 15 is 0 Å². The van der Waals surface area contributed by atoms with Gasteiger partial charge in [0, 0.05) is 11.1 Å². The molecule has 0 N–H and O–H groups in total. The van der Waals surface area contributed by atoms with Crippen molar-refractivity contribution in [3.8, 4) is 33.4 Å². The van der Waals surface area contributed by atoms with E-state index in [0.717, 1.165) is 5.69 Å². The molecule has 0 unspecified atom stereocenters. The Morgan fingerprint density at radius 1 is 0.358 bits per heavy atom. The van der Waals surface area contributed by atoms with Crippen molar-refractivity contribution in [3.63, 3.8) is 0 Å². The van der Waals surface area contributed by atoms with E-state index in [1.165, 1.54) is 78.1 Å². The van der Waals surface area contributed by atoms with Gasteiger partial charge < -0.3 is 4.90 Å². The maximum absolute atomic E-state index is 2.47. The lowest BCUT2D eigenvalue weighted by Gasteiger charge is -2.42. The summed E-state index contributed by atoms with van der Waals surface area (Å²) in [6, 6.07) is 73.9. The molecule has 0 radical (unpaired) electrons. The lowest BCUT2D eigenvalue weighted by Crippen LogP contribution is -2.30. The van der Waals surface area contributed by atoms with Gasteiger partial charge in [-0.05, 0) is 97.1 Å². The van der Waals surface area contributed by atoms with Crippen molar-refractivity contribution < 1.29 is 0 Å². The maximum Gasteiger partial charge on any atom is 0.0713 e. The number of para-hydroxylation sites is 1. The summed E-state index contributed by atoms with van der Waals surface area (Å²) in [5, 5.41) is 0. The Bertz CT molecular complexity index is 2580. The van der Waals surface area contributed by atoms with Gasteiger partial charge in [-0.1, -0.05) is 184 Å². The average Bonchev–Trinajstić information content (AvgIpc) is 3.53. The molecular formula is C52H39N. The minimum atomic E-state index is -0.431. The Labute approximate surface area is 312 Å². The van der Waals surface area contributed by atoms with Gasteiger partial charge in [0.25, 0.3) is 0 Å². The summed E-state index contributed by atoms with van der Waals surface area (Å²) >= 11 is 0. The monoisotopic (exact) mass is 677 g/mol. The Morgan fingerprint density at radius 3 is 1.57 bits per heavy atom. The second-order valence-electron chi connectivity index (χ2n) is 14.9. The first-order valence-electron chi connectivity index (χ1n) is 18.6. The van der Waals surface area contributed by atoms with Crippen LogP contribution in [0.15, 0.2) is 200 Å². The van der Waals surface area contributed by atoms with Crippen molar-refractivity contribution in [1.82, 2.24) is 0 Å². The van der Waals surface area contributed by atoms with E-state index in [2.05, 4.69) is 219 Å². The van der Waals surface area contributed by atoms with Gasteiger partial charge in [-0.3, -0.25) is 0 Å². The van der Waals surface area contributed by atoms with Gasteiger partial charge in [0.2, 0.25) is 0 Å². The van der Waals surface area contributed by atoms with Gasteiger partial charge in [-0.25, -0.2) is 0 Å². The van der Waals surface area contributed by atoms with E-state index in [0.29, 0.717) is 0 Å². The van der Waals surface area contributed by atoms with Crippen LogP contribution in [-0.4, -0.2) is 0 Å². The molecule has 252 valence electrons. The van der Waals surface area contributed by atoms with E-state index in [4.69, 9.17) is 0 Å². The quantitative estimate of drug-likeness (QED) is 0.175. The summed E-state index contributed by atoms with van der Waals surface area (Å²) in [6.45, 7) is 4.76. The predicted molar refractivity (Wildman–Crippen MR) is 221 cm³/mol. The molecule has 8 aromatic rings. The Morgan fingerprint density at radius 2 is 0.868 bits per heavy atom. The fourth-order valence-corrected chi connectivity index (χ4v) is 9.32. The van der Waals surface area contributed by atoms with Crippen LogP contribution in [0.5, 0.6) is 0 Å². The number of fused-ring (bicyclic) bond motifs is 5. The summed E-state index contributed by atoms with van der Waals surface area (Å²) in [7, 11) is 0. The third-order valence-corrected chi connectivity index (χ3v) is 11.8. The van der Waals surface area contributed by atoms with E-state index < -0.39 is 5.41 Å². The smallest absolute Gasteiger partial charge is 0.0713 e. The van der Waals surface area contributed by atoms with Crippen LogP contribution in [-0.2, 0) is 10.8 Å². The minimum Gasteiger partial charge on any atom is -0.310 e. The number of rotatable bonds is 5. The lowest BCUT2D eigenvalue weighted by molar-refractivity contribution is 0.632. The number of nitrogens with zero attached hydrogens (tertiary/aromatic N) is 1. The van der Waals surface area contributed by atoms with Crippen molar-refractivity contribution in [2.45, 2.75) is 24.7 Å². The van der Waals surface area contributed by atoms with Gasteiger partial charge >= 0.3 is 0 Å². The molecule has 8 aromatic carbocycles. The summed E-state index contributed by atoms with van der Waals surface area (Å²) in [5.41, 5.74) is 18.4. The Hall–Kier alpha value is -6.44. The Balaban J connectivity index is 1.18. The molecule has 1 nitrogen and oxygen atoms in total. The molecule has 1 heterocycles. The standard InChI is InChI=1S/C52H39N/c1-51(2)45-26-14-15-28-48(45)53(41-32-29-37(30-33-41)36-17-6-3-7-18-36)49-34-31-38(35-47(49)51)42-24-16-27-46-50(42)43-23-12-13-25-44(43)52(46,39-19-8-4-9-20-39)40-21-10-5-11-22-40/h3-35H,1-2H3. The molecule has 0 amide bonds. The predicted octanol–water partition coefficient (Wildman–Crippen LogP) is 13.5. The third kappa shape index (κ3) is 4.64. The highest BCUT2D eigenvalue weighted by atomic mass is 15.2. The highest BCUT2D eigenvalue weighted by Crippen LogP contribution is 2.59. The van der Waals surface area contributed by atoms with E-state index in [1.54, 1.807) is 0 Å². The summed E-state index contributed by atoms with van der Waals surface area (Å²) in [4.78, 5) is 2.45. The van der Waals surface area contributed by atoms with Gasteiger partial charge in [-0.2, -0.15) is 0 Å². The first-order chi connectivity index (χ1) is 26.1. The molecule has 0 fully saturated rings. The molecule has 10 rings (SSSR count). The maximum atomic E-state index is 2.47. The SMILES string of the molecule is CC1(C)c2ccccc2N(c2ccc(-c3ccccc3)cc2)c2ccc(-c3cccc4c3-c3ccccc3C4(c3ccccc3)c3ccccc3)cc21. The van der Waals surface area contributed by atoms with Crippen molar-refractivity contribution >= 4 is 17.1 Å². The van der Waals surface area contributed by atoms with Gasteiger partial charge in [0.1, 0.15) is 0 Å². The van der Waals surface area contributed by atoms with Crippen molar-refractivity contribution in [2.75, 3.05) is 4.90 Å². The molecule has 0 bridgehead atoms. The fourth-order valence-electron chi connectivity index (χ4n) is 9.32. The van der Waals surface area contributed by atoms with E-state index in [9.17, 15) is 0 Å². The van der Waals surface area contributed by atoms with E-state index in [-0.39, 0.29) is 5.41 Å². The highest BCUT2D eigenvalue weighted by Gasteiger charge is 2.47. The van der Waals surface area contributed by atoms with Crippen LogP contribution in [0.2, 0.25) is 0 Å². The van der Waals surface area contributed by atoms with Crippen LogP contribution in [0, 0.1) is 0 Å². The number of hydrogen-bond donors (Lipinski definition) is 0. The van der Waals surface area contributed by atoms with E-state index in [1.807, 2.05) is 0 Å². The average molecular weight is 678 g/mol. The molecule has 53 heavy (non-hydrogen) atoms. The molecule has 1 aliphatic heterocycles. The summed E-state index contributed by atoms with van der Waals surface area (Å²) < 4.78 is 0. The van der Waals surface area contributed by atoms with Gasteiger partial charge in [0.15, 0.2) is 0 Å². The molecule has 0 saturated heterocycles. The van der Waals surface area contributed by atoms with Crippen LogP contribution < -0.4 is 4.90 Å². The normalized spacial score (nSPS) is 14.5. The second-order valence-corrected chi connectivity index (χ2v) is 14.9. The largest absolute Gasteiger partial charge is 0.310 e.